The largest absolute Gasteiger partial charge is 0.365 e. The number of aryl methyl sites for hydroxylation is 1. The van der Waals surface area contributed by atoms with Crippen LogP contribution in [0.4, 0.5) is 5.82 Å². The lowest BCUT2D eigenvalue weighted by Crippen LogP contribution is -2.17. The average Bonchev–Trinajstić information content (AvgIpc) is 2.09. The number of nitrogens with one attached hydrogen (secondary N) is 1. The summed E-state index contributed by atoms with van der Waals surface area (Å²) in [5.41, 5.74) is 0.916. The van der Waals surface area contributed by atoms with E-state index < -0.39 is 0 Å². The minimum atomic E-state index is 0.226. The smallest absolute Gasteiger partial charge is 0.148 e. The number of aromatic nitrogens is 2. The van der Waals surface area contributed by atoms with Crippen LogP contribution in [-0.2, 0) is 0 Å². The Kier molecular flexibility index (Phi) is 3.29. The Labute approximate surface area is 77.2 Å². The van der Waals surface area contributed by atoms with E-state index in [1.807, 2.05) is 26.0 Å². The minimum absolute atomic E-state index is 0.226. The van der Waals surface area contributed by atoms with E-state index in [0.29, 0.717) is 5.88 Å². The van der Waals surface area contributed by atoms with E-state index in [1.165, 1.54) is 0 Å². The molecule has 0 aliphatic carbocycles. The quantitative estimate of drug-likeness (QED) is 0.731. The van der Waals surface area contributed by atoms with Crippen molar-refractivity contribution in [1.82, 2.24) is 10.2 Å². The number of alkyl halides is 1. The van der Waals surface area contributed by atoms with E-state index in [0.717, 1.165) is 11.5 Å². The molecule has 0 amide bonds. The first-order valence-corrected chi connectivity index (χ1v) is 4.38. The molecule has 0 bridgehead atoms. The van der Waals surface area contributed by atoms with Gasteiger partial charge in [0.25, 0.3) is 0 Å². The van der Waals surface area contributed by atoms with E-state index in [-0.39, 0.29) is 6.04 Å². The molecule has 1 aromatic heterocycles. The van der Waals surface area contributed by atoms with Crippen molar-refractivity contribution in [2.45, 2.75) is 19.9 Å². The summed E-state index contributed by atoms with van der Waals surface area (Å²) in [6.07, 6.45) is 0. The second-order valence-corrected chi connectivity index (χ2v) is 3.07. The Morgan fingerprint density at radius 1 is 1.50 bits per heavy atom. The van der Waals surface area contributed by atoms with Crippen molar-refractivity contribution < 1.29 is 0 Å². The Hall–Kier alpha value is -0.830. The number of anilines is 1. The van der Waals surface area contributed by atoms with Crippen LogP contribution < -0.4 is 5.32 Å². The molecule has 1 N–H and O–H groups in total. The van der Waals surface area contributed by atoms with Crippen LogP contribution in [0.15, 0.2) is 12.1 Å². The van der Waals surface area contributed by atoms with Gasteiger partial charge in [0.1, 0.15) is 5.82 Å². The molecule has 1 unspecified atom stereocenters. The molecule has 1 rings (SSSR count). The molecule has 66 valence electrons. The predicted octanol–water partition coefficient (Wildman–Crippen LogP) is 1.82. The Balaban J connectivity index is 2.58. The van der Waals surface area contributed by atoms with Crippen molar-refractivity contribution in [3.63, 3.8) is 0 Å². The van der Waals surface area contributed by atoms with Gasteiger partial charge in [0.15, 0.2) is 0 Å². The first kappa shape index (κ1) is 9.26. The first-order valence-electron chi connectivity index (χ1n) is 3.85. The van der Waals surface area contributed by atoms with Gasteiger partial charge in [-0.3, -0.25) is 0 Å². The fourth-order valence-electron chi connectivity index (χ4n) is 0.767. The van der Waals surface area contributed by atoms with E-state index in [4.69, 9.17) is 11.6 Å². The second-order valence-electron chi connectivity index (χ2n) is 2.76. The standard InChI is InChI=1S/C8H12ClN3/c1-6-3-4-8(12-11-6)10-7(2)5-9/h3-4,7H,5H2,1-2H3,(H,10,12). The van der Waals surface area contributed by atoms with Crippen LogP contribution in [-0.4, -0.2) is 22.1 Å². The van der Waals surface area contributed by atoms with Crippen molar-refractivity contribution in [3.05, 3.63) is 17.8 Å². The van der Waals surface area contributed by atoms with Crippen LogP contribution in [0.2, 0.25) is 0 Å². The van der Waals surface area contributed by atoms with Crippen LogP contribution >= 0.6 is 11.6 Å². The maximum atomic E-state index is 5.62. The molecule has 1 aromatic rings. The van der Waals surface area contributed by atoms with Crippen LogP contribution in [0.3, 0.4) is 0 Å². The molecule has 0 fully saturated rings. The molecule has 0 spiro atoms. The first-order chi connectivity index (χ1) is 5.72. The summed E-state index contributed by atoms with van der Waals surface area (Å²) < 4.78 is 0. The lowest BCUT2D eigenvalue weighted by atomic mass is 10.3. The van der Waals surface area contributed by atoms with Crippen LogP contribution in [0, 0.1) is 6.92 Å². The molecule has 0 saturated carbocycles. The molecule has 1 heterocycles. The molecule has 0 radical (unpaired) electrons. The number of hydrogen-bond acceptors (Lipinski definition) is 3. The molecule has 4 heteroatoms. The second kappa shape index (κ2) is 4.26. The lowest BCUT2D eigenvalue weighted by molar-refractivity contribution is 0.873. The summed E-state index contributed by atoms with van der Waals surface area (Å²) in [6, 6.07) is 4.03. The van der Waals surface area contributed by atoms with E-state index in [9.17, 15) is 0 Å². The topological polar surface area (TPSA) is 37.8 Å². The summed E-state index contributed by atoms with van der Waals surface area (Å²) in [6.45, 7) is 3.90. The number of nitrogens with zero attached hydrogens (tertiary/aromatic N) is 2. The van der Waals surface area contributed by atoms with Crippen molar-refractivity contribution in [2.24, 2.45) is 0 Å². The van der Waals surface area contributed by atoms with Gasteiger partial charge >= 0.3 is 0 Å². The van der Waals surface area contributed by atoms with Crippen molar-refractivity contribution in [1.29, 1.82) is 0 Å². The van der Waals surface area contributed by atoms with Gasteiger partial charge in [-0.15, -0.1) is 16.7 Å². The van der Waals surface area contributed by atoms with Crippen molar-refractivity contribution >= 4 is 17.4 Å². The number of rotatable bonds is 3. The molecule has 0 aliphatic rings. The maximum absolute atomic E-state index is 5.62. The third kappa shape index (κ3) is 2.66. The van der Waals surface area contributed by atoms with Crippen LogP contribution in [0.25, 0.3) is 0 Å². The number of halogens is 1. The maximum Gasteiger partial charge on any atom is 0.148 e. The summed E-state index contributed by atoms with van der Waals surface area (Å²) in [4.78, 5) is 0. The van der Waals surface area contributed by atoms with Gasteiger partial charge in [0, 0.05) is 11.9 Å². The van der Waals surface area contributed by atoms with E-state index >= 15 is 0 Å². The van der Waals surface area contributed by atoms with E-state index in [1.54, 1.807) is 0 Å². The van der Waals surface area contributed by atoms with Gasteiger partial charge in [0.2, 0.25) is 0 Å². The molecule has 0 saturated heterocycles. The normalized spacial score (nSPS) is 12.6. The molecular formula is C8H12ClN3. The Bertz CT molecular complexity index is 235. The molecule has 0 aliphatic heterocycles. The van der Waals surface area contributed by atoms with Crippen molar-refractivity contribution in [2.75, 3.05) is 11.2 Å². The van der Waals surface area contributed by atoms with Gasteiger partial charge in [-0.2, -0.15) is 5.10 Å². The highest BCUT2D eigenvalue weighted by Crippen LogP contribution is 2.03. The lowest BCUT2D eigenvalue weighted by Gasteiger charge is -2.09. The zero-order valence-corrected chi connectivity index (χ0v) is 7.97. The summed E-state index contributed by atoms with van der Waals surface area (Å²) in [5.74, 6) is 1.34. The Morgan fingerprint density at radius 2 is 2.25 bits per heavy atom. The van der Waals surface area contributed by atoms with E-state index in [2.05, 4.69) is 15.5 Å². The summed E-state index contributed by atoms with van der Waals surface area (Å²) in [5, 5.41) is 11.0. The van der Waals surface area contributed by atoms with Crippen LogP contribution in [0.1, 0.15) is 12.6 Å². The van der Waals surface area contributed by atoms with Crippen molar-refractivity contribution in [3.8, 4) is 0 Å². The summed E-state index contributed by atoms with van der Waals surface area (Å²) in [7, 11) is 0. The number of hydrogen-bond donors (Lipinski definition) is 1. The minimum Gasteiger partial charge on any atom is -0.365 e. The van der Waals surface area contributed by atoms with Gasteiger partial charge in [-0.05, 0) is 26.0 Å². The van der Waals surface area contributed by atoms with Gasteiger partial charge in [-0.25, -0.2) is 0 Å². The van der Waals surface area contributed by atoms with Gasteiger partial charge in [0.05, 0.1) is 5.69 Å². The third-order valence-electron chi connectivity index (χ3n) is 1.42. The fraction of sp³-hybridized carbons (Fsp3) is 0.500. The fourth-order valence-corrected chi connectivity index (χ4v) is 0.844. The zero-order valence-electron chi connectivity index (χ0n) is 7.21. The van der Waals surface area contributed by atoms with Gasteiger partial charge < -0.3 is 5.32 Å². The third-order valence-corrected chi connectivity index (χ3v) is 1.89. The zero-order chi connectivity index (χ0) is 8.97. The highest BCUT2D eigenvalue weighted by molar-refractivity contribution is 6.18. The Morgan fingerprint density at radius 3 is 2.75 bits per heavy atom. The average molecular weight is 186 g/mol. The molecule has 1 atom stereocenters. The van der Waals surface area contributed by atoms with Gasteiger partial charge in [-0.1, -0.05) is 0 Å². The highest BCUT2D eigenvalue weighted by Gasteiger charge is 1.99. The molecule has 0 aromatic carbocycles. The summed E-state index contributed by atoms with van der Waals surface area (Å²) >= 11 is 5.62. The molecule has 3 nitrogen and oxygen atoms in total. The predicted molar refractivity (Wildman–Crippen MR) is 50.6 cm³/mol. The molecule has 12 heavy (non-hydrogen) atoms. The van der Waals surface area contributed by atoms with Crippen LogP contribution in [0.5, 0.6) is 0 Å². The SMILES string of the molecule is Cc1ccc(NC(C)CCl)nn1. The monoisotopic (exact) mass is 185 g/mol. The molecular weight excluding hydrogens is 174 g/mol. The highest BCUT2D eigenvalue weighted by atomic mass is 35.5.